The van der Waals surface area contributed by atoms with Gasteiger partial charge in [0, 0.05) is 5.69 Å². The summed E-state index contributed by atoms with van der Waals surface area (Å²) in [5, 5.41) is 4.01. The highest BCUT2D eigenvalue weighted by Crippen LogP contribution is 2.30. The summed E-state index contributed by atoms with van der Waals surface area (Å²) in [4.78, 5) is 0. The van der Waals surface area contributed by atoms with E-state index in [0.717, 1.165) is 24.3 Å². The first kappa shape index (κ1) is 19.5. The number of nitrogens with one attached hydrogen (secondary N) is 1. The standard InChI is InChI=1S/C21H28ClNO2/c1-5-15(3)18-9-7-8-10-20(18)25-17(6-2)14-23-16-11-12-21(24-4)19(22)13-16/h7-13,15,17,23H,5-6,14H2,1-4H3. The predicted octanol–water partition coefficient (Wildman–Crippen LogP) is 6.13. The molecule has 3 nitrogen and oxygen atoms in total. The molecule has 0 saturated heterocycles. The van der Waals surface area contributed by atoms with E-state index in [1.54, 1.807) is 7.11 Å². The summed E-state index contributed by atoms with van der Waals surface area (Å²) < 4.78 is 11.5. The van der Waals surface area contributed by atoms with Crippen molar-refractivity contribution in [2.45, 2.75) is 45.6 Å². The molecule has 0 fully saturated rings. The van der Waals surface area contributed by atoms with Crippen molar-refractivity contribution in [2.24, 2.45) is 0 Å². The first-order valence-corrected chi connectivity index (χ1v) is 9.29. The van der Waals surface area contributed by atoms with Gasteiger partial charge in [0.15, 0.2) is 0 Å². The van der Waals surface area contributed by atoms with Crippen LogP contribution in [0.1, 0.15) is 45.1 Å². The van der Waals surface area contributed by atoms with E-state index in [4.69, 9.17) is 21.1 Å². The molecule has 0 saturated carbocycles. The van der Waals surface area contributed by atoms with E-state index < -0.39 is 0 Å². The van der Waals surface area contributed by atoms with Crippen molar-refractivity contribution in [3.63, 3.8) is 0 Å². The van der Waals surface area contributed by atoms with Crippen LogP contribution in [0.25, 0.3) is 0 Å². The maximum Gasteiger partial charge on any atom is 0.137 e. The molecule has 0 spiro atoms. The van der Waals surface area contributed by atoms with Crippen molar-refractivity contribution >= 4 is 17.3 Å². The molecular weight excluding hydrogens is 334 g/mol. The molecule has 1 N–H and O–H groups in total. The second kappa shape index (κ2) is 9.57. The predicted molar refractivity (Wildman–Crippen MR) is 106 cm³/mol. The average molecular weight is 362 g/mol. The molecule has 0 heterocycles. The Morgan fingerprint density at radius 1 is 1.04 bits per heavy atom. The van der Waals surface area contributed by atoms with Crippen molar-refractivity contribution in [3.05, 3.63) is 53.1 Å². The largest absolute Gasteiger partial charge is 0.495 e. The smallest absolute Gasteiger partial charge is 0.137 e. The lowest BCUT2D eigenvalue weighted by Crippen LogP contribution is -2.26. The number of ether oxygens (including phenoxy) is 2. The van der Waals surface area contributed by atoms with Crippen LogP contribution in [0.3, 0.4) is 0 Å². The van der Waals surface area contributed by atoms with E-state index in [1.807, 2.05) is 24.3 Å². The van der Waals surface area contributed by atoms with Crippen LogP contribution in [0.4, 0.5) is 5.69 Å². The van der Waals surface area contributed by atoms with E-state index in [2.05, 4.69) is 44.3 Å². The van der Waals surface area contributed by atoms with Crippen molar-refractivity contribution in [1.82, 2.24) is 0 Å². The third-order valence-corrected chi connectivity index (χ3v) is 4.79. The Morgan fingerprint density at radius 2 is 1.80 bits per heavy atom. The zero-order valence-corrected chi connectivity index (χ0v) is 16.3. The van der Waals surface area contributed by atoms with Gasteiger partial charge in [-0.2, -0.15) is 0 Å². The van der Waals surface area contributed by atoms with Gasteiger partial charge in [-0.25, -0.2) is 0 Å². The molecule has 0 bridgehead atoms. The van der Waals surface area contributed by atoms with Crippen molar-refractivity contribution < 1.29 is 9.47 Å². The van der Waals surface area contributed by atoms with Crippen LogP contribution < -0.4 is 14.8 Å². The van der Waals surface area contributed by atoms with Gasteiger partial charge in [0.2, 0.25) is 0 Å². The van der Waals surface area contributed by atoms with E-state index in [0.29, 0.717) is 23.2 Å². The SMILES string of the molecule is CCC(CNc1ccc(OC)c(Cl)c1)Oc1ccccc1C(C)CC. The second-order valence-electron chi connectivity index (χ2n) is 6.23. The van der Waals surface area contributed by atoms with Gasteiger partial charge in [-0.05, 0) is 48.6 Å². The first-order valence-electron chi connectivity index (χ1n) is 8.92. The van der Waals surface area contributed by atoms with Crippen LogP contribution in [0.5, 0.6) is 11.5 Å². The molecule has 0 aliphatic carbocycles. The third kappa shape index (κ3) is 5.30. The quantitative estimate of drug-likeness (QED) is 0.582. The number of para-hydroxylation sites is 1. The highest BCUT2D eigenvalue weighted by atomic mass is 35.5. The van der Waals surface area contributed by atoms with Crippen LogP contribution in [0.2, 0.25) is 5.02 Å². The van der Waals surface area contributed by atoms with Gasteiger partial charge >= 0.3 is 0 Å². The monoisotopic (exact) mass is 361 g/mol. The van der Waals surface area contributed by atoms with Crippen LogP contribution >= 0.6 is 11.6 Å². The minimum Gasteiger partial charge on any atom is -0.495 e. The molecule has 136 valence electrons. The topological polar surface area (TPSA) is 30.5 Å². The maximum absolute atomic E-state index is 6.29. The van der Waals surface area contributed by atoms with Crippen LogP contribution in [0.15, 0.2) is 42.5 Å². The van der Waals surface area contributed by atoms with Crippen LogP contribution in [-0.4, -0.2) is 19.8 Å². The number of halogens is 1. The summed E-state index contributed by atoms with van der Waals surface area (Å²) >= 11 is 6.18. The molecule has 0 aliphatic heterocycles. The Labute approximate surface area is 156 Å². The van der Waals surface area contributed by atoms with Crippen molar-refractivity contribution in [2.75, 3.05) is 19.0 Å². The molecule has 2 aromatic carbocycles. The normalized spacial score (nSPS) is 13.2. The lowest BCUT2D eigenvalue weighted by molar-refractivity contribution is 0.207. The minimum absolute atomic E-state index is 0.0890. The Balaban J connectivity index is 2.03. The van der Waals surface area contributed by atoms with Crippen molar-refractivity contribution in [1.29, 1.82) is 0 Å². The Kier molecular flexibility index (Phi) is 7.45. The number of hydrogen-bond acceptors (Lipinski definition) is 3. The third-order valence-electron chi connectivity index (χ3n) is 4.50. The molecule has 0 aromatic heterocycles. The summed E-state index contributed by atoms with van der Waals surface area (Å²) in [6.45, 7) is 7.29. The second-order valence-corrected chi connectivity index (χ2v) is 6.63. The molecule has 4 heteroatoms. The van der Waals surface area contributed by atoms with Crippen LogP contribution in [0, 0.1) is 0 Å². The molecule has 0 aliphatic rings. The van der Waals surface area contributed by atoms with Gasteiger partial charge in [-0.3, -0.25) is 0 Å². The van der Waals surface area contributed by atoms with E-state index >= 15 is 0 Å². The van der Waals surface area contributed by atoms with Gasteiger partial charge in [0.25, 0.3) is 0 Å². The van der Waals surface area contributed by atoms with E-state index in [1.165, 1.54) is 5.56 Å². The fourth-order valence-electron chi connectivity index (χ4n) is 2.67. The van der Waals surface area contributed by atoms with Gasteiger partial charge in [-0.15, -0.1) is 0 Å². The lowest BCUT2D eigenvalue weighted by Gasteiger charge is -2.22. The summed E-state index contributed by atoms with van der Waals surface area (Å²) in [6.07, 6.45) is 2.11. The summed E-state index contributed by atoms with van der Waals surface area (Å²) in [6, 6.07) is 14.0. The fraction of sp³-hybridized carbons (Fsp3) is 0.429. The van der Waals surface area contributed by atoms with Gasteiger partial charge in [-0.1, -0.05) is 50.6 Å². The first-order chi connectivity index (χ1) is 12.1. The molecule has 2 atom stereocenters. The Bertz CT molecular complexity index is 675. The zero-order chi connectivity index (χ0) is 18.2. The van der Waals surface area contributed by atoms with Crippen molar-refractivity contribution in [3.8, 4) is 11.5 Å². The highest BCUT2D eigenvalue weighted by molar-refractivity contribution is 6.32. The lowest BCUT2D eigenvalue weighted by atomic mass is 9.98. The number of benzene rings is 2. The Morgan fingerprint density at radius 3 is 2.44 bits per heavy atom. The number of anilines is 1. The number of rotatable bonds is 9. The molecule has 25 heavy (non-hydrogen) atoms. The molecule has 0 amide bonds. The van der Waals surface area contributed by atoms with Crippen LogP contribution in [-0.2, 0) is 0 Å². The summed E-state index contributed by atoms with van der Waals surface area (Å²) in [5.74, 6) is 2.15. The highest BCUT2D eigenvalue weighted by Gasteiger charge is 2.14. The molecule has 2 unspecified atom stereocenters. The zero-order valence-electron chi connectivity index (χ0n) is 15.5. The van der Waals surface area contributed by atoms with Gasteiger partial charge in [0.1, 0.15) is 17.6 Å². The molecular formula is C21H28ClNO2. The maximum atomic E-state index is 6.29. The Hall–Kier alpha value is -1.87. The fourth-order valence-corrected chi connectivity index (χ4v) is 2.93. The number of hydrogen-bond donors (Lipinski definition) is 1. The van der Waals surface area contributed by atoms with Gasteiger partial charge in [0.05, 0.1) is 18.7 Å². The minimum atomic E-state index is 0.0890. The van der Waals surface area contributed by atoms with E-state index in [-0.39, 0.29) is 6.10 Å². The number of methoxy groups -OCH3 is 1. The average Bonchev–Trinajstić information content (AvgIpc) is 2.64. The van der Waals surface area contributed by atoms with Gasteiger partial charge < -0.3 is 14.8 Å². The summed E-state index contributed by atoms with van der Waals surface area (Å²) in [7, 11) is 1.62. The molecule has 2 aromatic rings. The summed E-state index contributed by atoms with van der Waals surface area (Å²) in [5.41, 5.74) is 2.24. The molecule has 2 rings (SSSR count). The molecule has 0 radical (unpaired) electrons. The van der Waals surface area contributed by atoms with E-state index in [9.17, 15) is 0 Å².